The van der Waals surface area contributed by atoms with Crippen LogP contribution in [-0.2, 0) is 11.2 Å². The van der Waals surface area contributed by atoms with Gasteiger partial charge in [0.2, 0.25) is 11.9 Å². The highest BCUT2D eigenvalue weighted by Gasteiger charge is 2.10. The van der Waals surface area contributed by atoms with Crippen molar-refractivity contribution in [3.8, 4) is 10.7 Å². The van der Waals surface area contributed by atoms with Gasteiger partial charge in [0.1, 0.15) is 0 Å². The van der Waals surface area contributed by atoms with Crippen LogP contribution in [0.3, 0.4) is 0 Å². The number of aromatic amines is 1. The van der Waals surface area contributed by atoms with Crippen LogP contribution in [0.4, 0.5) is 5.95 Å². The van der Waals surface area contributed by atoms with E-state index in [-0.39, 0.29) is 11.9 Å². The van der Waals surface area contributed by atoms with Gasteiger partial charge in [-0.2, -0.15) is 4.98 Å². The molecule has 0 radical (unpaired) electrons. The van der Waals surface area contributed by atoms with Gasteiger partial charge in [-0.25, -0.2) is 0 Å². The van der Waals surface area contributed by atoms with Crippen molar-refractivity contribution in [1.82, 2.24) is 20.2 Å². The average Bonchev–Trinajstić information content (AvgIpc) is 3.17. The maximum absolute atomic E-state index is 11.9. The molecule has 22 heavy (non-hydrogen) atoms. The van der Waals surface area contributed by atoms with Crippen molar-refractivity contribution in [2.24, 2.45) is 0 Å². The number of H-pyrrole nitrogens is 1. The Bertz CT molecular complexity index is 754. The molecule has 2 N–H and O–H groups in total. The summed E-state index contributed by atoms with van der Waals surface area (Å²) in [5.41, 5.74) is 2.77. The number of nitrogens with one attached hydrogen (secondary N) is 2. The molecule has 0 spiro atoms. The fourth-order valence-electron chi connectivity index (χ4n) is 1.86. The summed E-state index contributed by atoms with van der Waals surface area (Å²) < 4.78 is 0. The minimum atomic E-state index is -0.134. The first-order valence-corrected chi connectivity index (χ1v) is 7.82. The summed E-state index contributed by atoms with van der Waals surface area (Å²) in [4.78, 5) is 21.0. The molecule has 1 amide bonds. The smallest absolute Gasteiger partial charge is 0.249 e. The van der Waals surface area contributed by atoms with Gasteiger partial charge in [-0.15, -0.1) is 16.4 Å². The molecule has 0 saturated carbocycles. The van der Waals surface area contributed by atoms with Gasteiger partial charge < -0.3 is 0 Å². The number of hydrogen-bond acceptors (Lipinski definition) is 5. The number of benzene rings is 1. The van der Waals surface area contributed by atoms with Crippen LogP contribution in [0.1, 0.15) is 12.0 Å². The summed E-state index contributed by atoms with van der Waals surface area (Å²) in [5, 5.41) is 10.1. The zero-order chi connectivity index (χ0) is 15.4. The van der Waals surface area contributed by atoms with Crippen LogP contribution in [0, 0.1) is 0 Å². The van der Waals surface area contributed by atoms with Crippen LogP contribution in [0.25, 0.3) is 10.7 Å². The molecule has 0 aliphatic carbocycles. The van der Waals surface area contributed by atoms with E-state index in [2.05, 4.69) is 25.5 Å². The number of carbonyl (C=O) groups excluding carboxylic acids is 1. The lowest BCUT2D eigenvalue weighted by Gasteiger charge is -2.02. The normalized spacial score (nSPS) is 10.6. The van der Waals surface area contributed by atoms with Gasteiger partial charge in [-0.3, -0.25) is 20.2 Å². The maximum Gasteiger partial charge on any atom is 0.249 e. The standard InChI is InChI=1S/C14H12ClN5OS/c15-10-4-1-9(2-5-10)3-6-12(21)17-14-18-13(19-20-14)11-7-16-8-22-11/h1-2,4-5,7-8H,3,6H2,(H2,17,18,19,20,21). The second kappa shape index (κ2) is 6.67. The lowest BCUT2D eigenvalue weighted by Crippen LogP contribution is -2.13. The first kappa shape index (κ1) is 14.7. The molecule has 112 valence electrons. The molecule has 0 aliphatic rings. The minimum Gasteiger partial charge on any atom is -0.293 e. The average molecular weight is 334 g/mol. The summed E-state index contributed by atoms with van der Waals surface area (Å²) in [5.74, 6) is 0.727. The Hall–Kier alpha value is -2.25. The van der Waals surface area contributed by atoms with Crippen LogP contribution < -0.4 is 5.32 Å². The molecule has 0 saturated heterocycles. The molecule has 6 nitrogen and oxygen atoms in total. The van der Waals surface area contributed by atoms with E-state index in [1.54, 1.807) is 11.7 Å². The summed E-state index contributed by atoms with van der Waals surface area (Å²) in [6.07, 6.45) is 2.68. The van der Waals surface area contributed by atoms with Crippen molar-refractivity contribution in [2.75, 3.05) is 5.32 Å². The number of anilines is 1. The molecule has 1 aromatic carbocycles. The SMILES string of the molecule is O=C(CCc1ccc(Cl)cc1)Nc1n[nH]c(-c2cncs2)n1. The highest BCUT2D eigenvalue weighted by Crippen LogP contribution is 2.19. The second-order valence-electron chi connectivity index (χ2n) is 4.55. The van der Waals surface area contributed by atoms with Crippen LogP contribution in [0.5, 0.6) is 0 Å². The number of halogens is 1. The van der Waals surface area contributed by atoms with Gasteiger partial charge in [0.25, 0.3) is 0 Å². The highest BCUT2D eigenvalue weighted by atomic mass is 35.5. The molecule has 2 aromatic heterocycles. The quantitative estimate of drug-likeness (QED) is 0.751. The van der Waals surface area contributed by atoms with E-state index in [0.29, 0.717) is 23.7 Å². The van der Waals surface area contributed by atoms with Gasteiger partial charge in [0.15, 0.2) is 5.82 Å². The number of rotatable bonds is 5. The summed E-state index contributed by atoms with van der Waals surface area (Å²) in [6, 6.07) is 7.44. The van der Waals surface area contributed by atoms with Crippen LogP contribution in [0.15, 0.2) is 36.0 Å². The van der Waals surface area contributed by atoms with Gasteiger partial charge in [-0.1, -0.05) is 23.7 Å². The molecule has 0 aliphatic heterocycles. The molecule has 3 aromatic rings. The van der Waals surface area contributed by atoms with Gasteiger partial charge >= 0.3 is 0 Å². The first-order valence-electron chi connectivity index (χ1n) is 6.56. The van der Waals surface area contributed by atoms with Crippen molar-refractivity contribution in [1.29, 1.82) is 0 Å². The summed E-state index contributed by atoms with van der Waals surface area (Å²) in [6.45, 7) is 0. The lowest BCUT2D eigenvalue weighted by atomic mass is 10.1. The van der Waals surface area contributed by atoms with Gasteiger partial charge in [0.05, 0.1) is 10.4 Å². The van der Waals surface area contributed by atoms with Crippen molar-refractivity contribution in [2.45, 2.75) is 12.8 Å². The van der Waals surface area contributed by atoms with Gasteiger partial charge in [0, 0.05) is 17.6 Å². The predicted molar refractivity (Wildman–Crippen MR) is 85.9 cm³/mol. The number of aryl methyl sites for hydroxylation is 1. The number of amides is 1. The number of hydrogen-bond donors (Lipinski definition) is 2. The third-order valence-electron chi connectivity index (χ3n) is 2.96. The molecule has 0 fully saturated rings. The number of aromatic nitrogens is 4. The van der Waals surface area contributed by atoms with E-state index in [1.807, 2.05) is 24.3 Å². The Balaban J connectivity index is 1.54. The summed E-state index contributed by atoms with van der Waals surface area (Å²) in [7, 11) is 0. The molecule has 0 bridgehead atoms. The number of thiazole rings is 1. The van der Waals surface area contributed by atoms with Gasteiger partial charge in [-0.05, 0) is 24.1 Å². The third kappa shape index (κ3) is 3.69. The van der Waals surface area contributed by atoms with E-state index < -0.39 is 0 Å². The van der Waals surface area contributed by atoms with E-state index in [9.17, 15) is 4.79 Å². The largest absolute Gasteiger partial charge is 0.293 e. The number of carbonyl (C=O) groups is 1. The van der Waals surface area contributed by atoms with Crippen LogP contribution in [0.2, 0.25) is 5.02 Å². The first-order chi connectivity index (χ1) is 10.7. The highest BCUT2D eigenvalue weighted by molar-refractivity contribution is 7.13. The minimum absolute atomic E-state index is 0.134. The summed E-state index contributed by atoms with van der Waals surface area (Å²) >= 11 is 7.27. The van der Waals surface area contributed by atoms with E-state index in [1.165, 1.54) is 11.3 Å². The lowest BCUT2D eigenvalue weighted by molar-refractivity contribution is -0.116. The van der Waals surface area contributed by atoms with E-state index in [0.717, 1.165) is 10.4 Å². The van der Waals surface area contributed by atoms with Crippen molar-refractivity contribution in [3.63, 3.8) is 0 Å². The van der Waals surface area contributed by atoms with E-state index in [4.69, 9.17) is 11.6 Å². The molecular weight excluding hydrogens is 322 g/mol. The maximum atomic E-state index is 11.9. The Morgan fingerprint density at radius 3 is 2.86 bits per heavy atom. The zero-order valence-electron chi connectivity index (χ0n) is 11.4. The van der Waals surface area contributed by atoms with Crippen LogP contribution in [-0.4, -0.2) is 26.1 Å². The Morgan fingerprint density at radius 1 is 1.32 bits per heavy atom. The topological polar surface area (TPSA) is 83.6 Å². The molecular formula is C14H12ClN5OS. The molecule has 0 atom stereocenters. The Kier molecular flexibility index (Phi) is 4.45. The van der Waals surface area contributed by atoms with Crippen LogP contribution >= 0.6 is 22.9 Å². The van der Waals surface area contributed by atoms with Crippen molar-refractivity contribution >= 4 is 34.8 Å². The molecule has 0 unspecified atom stereocenters. The zero-order valence-corrected chi connectivity index (χ0v) is 13.0. The Morgan fingerprint density at radius 2 is 2.14 bits per heavy atom. The fraction of sp³-hybridized carbons (Fsp3) is 0.143. The van der Waals surface area contributed by atoms with E-state index >= 15 is 0 Å². The fourth-order valence-corrected chi connectivity index (χ4v) is 2.54. The monoisotopic (exact) mass is 333 g/mol. The van der Waals surface area contributed by atoms with Crippen molar-refractivity contribution in [3.05, 3.63) is 46.6 Å². The molecule has 3 rings (SSSR count). The molecule has 2 heterocycles. The van der Waals surface area contributed by atoms with Crippen molar-refractivity contribution < 1.29 is 4.79 Å². The third-order valence-corrected chi connectivity index (χ3v) is 3.99. The second-order valence-corrected chi connectivity index (χ2v) is 5.87. The Labute approximate surface area is 135 Å². The molecule has 8 heteroatoms. The number of nitrogens with zero attached hydrogens (tertiary/aromatic N) is 3. The predicted octanol–water partition coefficient (Wildman–Crippen LogP) is 3.15.